The second-order valence-corrected chi connectivity index (χ2v) is 5.64. The maximum absolute atomic E-state index is 14.5. The number of hydrogen-bond donors (Lipinski definition) is 0. The molecule has 1 aliphatic rings. The molecule has 1 unspecified atom stereocenters. The molecule has 0 amide bonds. The topological polar surface area (TPSA) is 15.6 Å². The Morgan fingerprint density at radius 1 is 1.05 bits per heavy atom. The number of alkyl halides is 1. The van der Waals surface area contributed by atoms with Crippen molar-refractivity contribution in [1.82, 2.24) is 0 Å². The quantitative estimate of drug-likeness (QED) is 0.807. The monoisotopic (exact) mass is 282 g/mol. The Kier molecular flexibility index (Phi) is 3.50. The summed E-state index contributed by atoms with van der Waals surface area (Å²) in [7, 11) is 0. The van der Waals surface area contributed by atoms with Gasteiger partial charge in [-0.05, 0) is 44.0 Å². The normalized spacial score (nSPS) is 18.0. The highest BCUT2D eigenvalue weighted by Crippen LogP contribution is 2.27. The van der Waals surface area contributed by atoms with Gasteiger partial charge in [0.2, 0.25) is 0 Å². The van der Waals surface area contributed by atoms with Gasteiger partial charge in [0, 0.05) is 5.56 Å². The second-order valence-electron chi connectivity index (χ2n) is 5.64. The highest BCUT2D eigenvalue weighted by Gasteiger charge is 2.30. The van der Waals surface area contributed by atoms with Crippen molar-refractivity contribution < 1.29 is 4.39 Å². The van der Waals surface area contributed by atoms with Crippen molar-refractivity contribution in [3.05, 3.63) is 64.7 Å². The number of rotatable bonds is 2. The van der Waals surface area contributed by atoms with Crippen molar-refractivity contribution in [3.8, 4) is 0 Å². The van der Waals surface area contributed by atoms with Gasteiger partial charge < -0.3 is 0 Å². The molecule has 1 aliphatic heterocycles. The van der Waals surface area contributed by atoms with Crippen molar-refractivity contribution >= 4 is 11.4 Å². The summed E-state index contributed by atoms with van der Waals surface area (Å²) in [6.07, 6.45) is -1.05. The van der Waals surface area contributed by atoms with Gasteiger partial charge in [0.1, 0.15) is 5.71 Å². The van der Waals surface area contributed by atoms with E-state index in [0.29, 0.717) is 5.71 Å². The van der Waals surface area contributed by atoms with Gasteiger partial charge in [-0.3, -0.25) is 5.01 Å². The Balaban J connectivity index is 2.03. The van der Waals surface area contributed by atoms with Crippen molar-refractivity contribution in [1.29, 1.82) is 0 Å². The molecular formula is C18H19FN2. The summed E-state index contributed by atoms with van der Waals surface area (Å²) >= 11 is 0. The molecular weight excluding hydrogens is 263 g/mol. The van der Waals surface area contributed by atoms with Crippen LogP contribution in [0.25, 0.3) is 0 Å². The predicted molar refractivity (Wildman–Crippen MR) is 85.9 cm³/mol. The molecule has 21 heavy (non-hydrogen) atoms. The van der Waals surface area contributed by atoms with Crippen LogP contribution >= 0.6 is 0 Å². The van der Waals surface area contributed by atoms with Crippen LogP contribution in [0.15, 0.2) is 47.6 Å². The van der Waals surface area contributed by atoms with Gasteiger partial charge in [-0.25, -0.2) is 4.39 Å². The number of para-hydroxylation sites is 1. The van der Waals surface area contributed by atoms with Crippen LogP contribution in [0, 0.1) is 20.8 Å². The third-order valence-electron chi connectivity index (χ3n) is 3.85. The molecule has 108 valence electrons. The van der Waals surface area contributed by atoms with Gasteiger partial charge in [-0.1, -0.05) is 35.9 Å². The molecule has 0 spiro atoms. The van der Waals surface area contributed by atoms with Crippen molar-refractivity contribution in [2.24, 2.45) is 5.10 Å². The van der Waals surface area contributed by atoms with E-state index in [1.165, 1.54) is 5.56 Å². The SMILES string of the molecule is Cc1cc(C)c(C2=NN(c3ccccc3)CC2F)c(C)c1. The minimum atomic E-state index is -1.05. The smallest absolute Gasteiger partial charge is 0.164 e. The minimum absolute atomic E-state index is 0.284. The molecule has 2 aromatic rings. The average molecular weight is 282 g/mol. The Labute approximate surface area is 124 Å². The summed E-state index contributed by atoms with van der Waals surface area (Å²) in [5.74, 6) is 0. The Morgan fingerprint density at radius 2 is 1.67 bits per heavy atom. The summed E-state index contributed by atoms with van der Waals surface area (Å²) < 4.78 is 14.5. The van der Waals surface area contributed by atoms with E-state index >= 15 is 0 Å². The van der Waals surface area contributed by atoms with Crippen LogP contribution in [-0.4, -0.2) is 18.4 Å². The van der Waals surface area contributed by atoms with E-state index in [0.717, 1.165) is 22.4 Å². The number of hydrazone groups is 1. The lowest BCUT2D eigenvalue weighted by molar-refractivity contribution is 0.440. The van der Waals surface area contributed by atoms with Gasteiger partial charge in [-0.15, -0.1) is 0 Å². The molecule has 0 saturated carbocycles. The molecule has 0 bridgehead atoms. The zero-order valence-electron chi connectivity index (χ0n) is 12.6. The number of halogens is 1. The average Bonchev–Trinajstić information content (AvgIpc) is 2.81. The van der Waals surface area contributed by atoms with E-state index in [-0.39, 0.29) is 6.54 Å². The molecule has 0 aromatic heterocycles. The van der Waals surface area contributed by atoms with Gasteiger partial charge in [-0.2, -0.15) is 5.10 Å². The van der Waals surface area contributed by atoms with Crippen LogP contribution < -0.4 is 5.01 Å². The molecule has 3 rings (SSSR count). The van der Waals surface area contributed by atoms with Crippen LogP contribution in [0.3, 0.4) is 0 Å². The van der Waals surface area contributed by atoms with Gasteiger partial charge in [0.05, 0.1) is 12.2 Å². The van der Waals surface area contributed by atoms with E-state index in [4.69, 9.17) is 0 Å². The summed E-state index contributed by atoms with van der Waals surface area (Å²) in [6.45, 7) is 6.39. The molecule has 0 fully saturated rings. The molecule has 2 nitrogen and oxygen atoms in total. The van der Waals surface area contributed by atoms with E-state index < -0.39 is 6.17 Å². The lowest BCUT2D eigenvalue weighted by Gasteiger charge is -2.12. The number of anilines is 1. The largest absolute Gasteiger partial charge is 0.262 e. The van der Waals surface area contributed by atoms with Crippen LogP contribution in [0.1, 0.15) is 22.3 Å². The molecule has 0 saturated heterocycles. The van der Waals surface area contributed by atoms with E-state index in [1.807, 2.05) is 44.2 Å². The highest BCUT2D eigenvalue weighted by atomic mass is 19.1. The summed E-state index contributed by atoms with van der Waals surface area (Å²) in [6, 6.07) is 13.9. The molecule has 3 heteroatoms. The third kappa shape index (κ3) is 2.56. The number of nitrogens with zero attached hydrogens (tertiary/aromatic N) is 2. The van der Waals surface area contributed by atoms with Gasteiger partial charge >= 0.3 is 0 Å². The fourth-order valence-corrected chi connectivity index (χ4v) is 3.03. The van der Waals surface area contributed by atoms with Crippen LogP contribution in [-0.2, 0) is 0 Å². The lowest BCUT2D eigenvalue weighted by Crippen LogP contribution is -2.21. The first-order valence-electron chi connectivity index (χ1n) is 7.19. The standard InChI is InChI=1S/C18H19FN2/c1-12-9-13(2)17(14(3)10-12)18-16(19)11-21(20-18)15-7-5-4-6-8-15/h4-10,16H,11H2,1-3H3. The zero-order chi connectivity index (χ0) is 15.0. The van der Waals surface area contributed by atoms with E-state index in [1.54, 1.807) is 5.01 Å². The number of hydrogen-bond acceptors (Lipinski definition) is 2. The fraction of sp³-hybridized carbons (Fsp3) is 0.278. The Morgan fingerprint density at radius 3 is 2.29 bits per heavy atom. The van der Waals surface area contributed by atoms with Crippen LogP contribution in [0.4, 0.5) is 10.1 Å². The summed E-state index contributed by atoms with van der Waals surface area (Å²) in [4.78, 5) is 0. The van der Waals surface area contributed by atoms with Crippen molar-refractivity contribution in [2.45, 2.75) is 26.9 Å². The molecule has 1 heterocycles. The summed E-state index contributed by atoms with van der Waals surface area (Å²) in [5.41, 5.74) is 5.80. The Bertz CT molecular complexity index is 669. The fourth-order valence-electron chi connectivity index (χ4n) is 3.03. The van der Waals surface area contributed by atoms with Crippen LogP contribution in [0.5, 0.6) is 0 Å². The first-order chi connectivity index (χ1) is 10.1. The van der Waals surface area contributed by atoms with E-state index in [9.17, 15) is 4.39 Å². The van der Waals surface area contributed by atoms with Crippen LogP contribution in [0.2, 0.25) is 0 Å². The molecule has 2 aromatic carbocycles. The van der Waals surface area contributed by atoms with E-state index in [2.05, 4.69) is 24.2 Å². The zero-order valence-corrected chi connectivity index (χ0v) is 12.6. The number of aryl methyl sites for hydroxylation is 3. The van der Waals surface area contributed by atoms with Crippen molar-refractivity contribution in [3.63, 3.8) is 0 Å². The second kappa shape index (κ2) is 5.32. The lowest BCUT2D eigenvalue weighted by atomic mass is 9.94. The van der Waals surface area contributed by atoms with Gasteiger partial charge in [0.25, 0.3) is 0 Å². The molecule has 0 N–H and O–H groups in total. The first kappa shape index (κ1) is 13.8. The third-order valence-corrected chi connectivity index (χ3v) is 3.85. The Hall–Kier alpha value is -2.16. The maximum atomic E-state index is 14.5. The first-order valence-corrected chi connectivity index (χ1v) is 7.19. The predicted octanol–water partition coefficient (Wildman–Crippen LogP) is 4.17. The number of benzene rings is 2. The van der Waals surface area contributed by atoms with Crippen molar-refractivity contribution in [2.75, 3.05) is 11.6 Å². The molecule has 0 radical (unpaired) electrons. The molecule has 1 atom stereocenters. The minimum Gasteiger partial charge on any atom is -0.262 e. The molecule has 0 aliphatic carbocycles. The maximum Gasteiger partial charge on any atom is 0.164 e. The summed E-state index contributed by atoms with van der Waals surface area (Å²) in [5, 5.41) is 6.28. The van der Waals surface area contributed by atoms with Gasteiger partial charge in [0.15, 0.2) is 6.17 Å². The highest BCUT2D eigenvalue weighted by molar-refractivity contribution is 6.08.